The molecule has 1 aromatic heterocycles. The van der Waals surface area contributed by atoms with Gasteiger partial charge in [0.05, 0.1) is 23.1 Å². The van der Waals surface area contributed by atoms with E-state index < -0.39 is 23.1 Å². The second kappa shape index (κ2) is 7.16. The monoisotopic (exact) mass is 413 g/mol. The van der Waals surface area contributed by atoms with E-state index in [1.54, 1.807) is 13.8 Å². The lowest BCUT2D eigenvalue weighted by Crippen LogP contribution is -2.38. The fourth-order valence-corrected chi connectivity index (χ4v) is 4.01. The zero-order valence-corrected chi connectivity index (χ0v) is 17.3. The number of benzene rings is 2. The summed E-state index contributed by atoms with van der Waals surface area (Å²) in [5, 5.41) is 13.2. The van der Waals surface area contributed by atoms with Gasteiger partial charge in [-0.25, -0.2) is 13.8 Å². The molecule has 0 unspecified atom stereocenters. The molecule has 7 heteroatoms. The summed E-state index contributed by atoms with van der Waals surface area (Å²) in [6.07, 6.45) is 2.75. The highest BCUT2D eigenvalue weighted by atomic mass is 19.1. The van der Waals surface area contributed by atoms with Gasteiger partial charge >= 0.3 is 0 Å². The number of nitrogens with one attached hydrogen (secondary N) is 1. The molecule has 1 fully saturated rings. The van der Waals surface area contributed by atoms with Crippen LogP contribution in [0.5, 0.6) is 0 Å². The Morgan fingerprint density at radius 2 is 1.97 bits per heavy atom. The predicted octanol–water partition coefficient (Wildman–Crippen LogP) is 4.62. The summed E-state index contributed by atoms with van der Waals surface area (Å²) >= 11 is 0. The van der Waals surface area contributed by atoms with E-state index in [0.717, 1.165) is 42.5 Å². The van der Waals surface area contributed by atoms with Gasteiger partial charge in [0.2, 0.25) is 11.9 Å². The summed E-state index contributed by atoms with van der Waals surface area (Å²) in [5.41, 5.74) is 1.21. The first-order valence-corrected chi connectivity index (χ1v) is 10.1. The molecule has 2 N–H and O–H groups in total. The molecule has 0 atom stereocenters. The molecule has 4 rings (SSSR count). The van der Waals surface area contributed by atoms with E-state index in [0.29, 0.717) is 11.5 Å². The third-order valence-corrected chi connectivity index (χ3v) is 5.95. The topological polar surface area (TPSA) is 67.2 Å². The lowest BCUT2D eigenvalue weighted by molar-refractivity contribution is -0.115. The number of aromatic nitrogens is 2. The summed E-state index contributed by atoms with van der Waals surface area (Å²) in [6, 6.07) is 8.73. The van der Waals surface area contributed by atoms with E-state index in [1.165, 1.54) is 6.07 Å². The van der Waals surface area contributed by atoms with Gasteiger partial charge in [0, 0.05) is 11.6 Å². The van der Waals surface area contributed by atoms with Crippen LogP contribution in [0.4, 0.5) is 14.7 Å². The van der Waals surface area contributed by atoms with E-state index >= 15 is 0 Å². The largest absolute Gasteiger partial charge is 0.386 e. The van der Waals surface area contributed by atoms with E-state index in [9.17, 15) is 18.7 Å². The molecule has 0 spiro atoms. The predicted molar refractivity (Wildman–Crippen MR) is 111 cm³/mol. The Labute approximate surface area is 173 Å². The molecule has 2 aromatic carbocycles. The number of anilines is 1. The number of carbonyl (C=O) groups excluding carboxylic acids is 1. The summed E-state index contributed by atoms with van der Waals surface area (Å²) < 4.78 is 29.1. The average molecular weight is 413 g/mol. The van der Waals surface area contributed by atoms with Gasteiger partial charge in [-0.3, -0.25) is 10.1 Å². The molecule has 3 aromatic rings. The van der Waals surface area contributed by atoms with Gasteiger partial charge in [0.1, 0.15) is 11.6 Å². The zero-order valence-electron chi connectivity index (χ0n) is 17.3. The molecule has 0 saturated heterocycles. The molecule has 1 aliphatic carbocycles. The molecule has 1 aliphatic rings. The van der Waals surface area contributed by atoms with Gasteiger partial charge in [-0.1, -0.05) is 12.1 Å². The number of hydrogen-bond donors (Lipinski definition) is 2. The van der Waals surface area contributed by atoms with Crippen molar-refractivity contribution in [3.63, 3.8) is 0 Å². The lowest BCUT2D eigenvalue weighted by Gasteiger charge is -2.41. The van der Waals surface area contributed by atoms with Gasteiger partial charge < -0.3 is 9.67 Å². The molecule has 1 saturated carbocycles. The van der Waals surface area contributed by atoms with E-state index in [2.05, 4.69) is 17.2 Å². The lowest BCUT2D eigenvalue weighted by atomic mass is 9.78. The number of nitrogens with zero attached hydrogens (tertiary/aromatic N) is 2. The number of amides is 1. The van der Waals surface area contributed by atoms with Crippen molar-refractivity contribution in [3.05, 3.63) is 59.2 Å². The Balaban J connectivity index is 1.71. The van der Waals surface area contributed by atoms with Crippen molar-refractivity contribution >= 4 is 22.9 Å². The van der Waals surface area contributed by atoms with Crippen molar-refractivity contribution in [3.8, 4) is 0 Å². The fourth-order valence-electron chi connectivity index (χ4n) is 4.01. The molecule has 0 radical (unpaired) electrons. The third-order valence-electron chi connectivity index (χ3n) is 5.95. The zero-order chi connectivity index (χ0) is 21.7. The number of hydrogen-bond acceptors (Lipinski definition) is 3. The Morgan fingerprint density at radius 1 is 1.23 bits per heavy atom. The van der Waals surface area contributed by atoms with Crippen molar-refractivity contribution in [2.45, 2.75) is 57.6 Å². The minimum absolute atomic E-state index is 0.121. The molecule has 0 aliphatic heterocycles. The quantitative estimate of drug-likeness (QED) is 0.641. The van der Waals surface area contributed by atoms with E-state index in [-0.39, 0.29) is 17.5 Å². The van der Waals surface area contributed by atoms with Crippen LogP contribution in [-0.4, -0.2) is 20.6 Å². The second-order valence-corrected chi connectivity index (χ2v) is 8.84. The number of aliphatic hydroxyl groups is 1. The van der Waals surface area contributed by atoms with Gasteiger partial charge in [-0.2, -0.15) is 0 Å². The molecule has 5 nitrogen and oxygen atoms in total. The number of rotatable bonds is 5. The van der Waals surface area contributed by atoms with Crippen LogP contribution in [-0.2, 0) is 22.4 Å². The van der Waals surface area contributed by atoms with Crippen molar-refractivity contribution in [2.24, 2.45) is 0 Å². The first-order valence-electron chi connectivity index (χ1n) is 10.1. The Morgan fingerprint density at radius 3 is 2.57 bits per heavy atom. The van der Waals surface area contributed by atoms with Crippen LogP contribution in [0.15, 0.2) is 36.4 Å². The van der Waals surface area contributed by atoms with Crippen molar-refractivity contribution in [2.75, 3.05) is 5.32 Å². The van der Waals surface area contributed by atoms with E-state index in [4.69, 9.17) is 0 Å². The molecule has 30 heavy (non-hydrogen) atoms. The van der Waals surface area contributed by atoms with Crippen LogP contribution in [0.25, 0.3) is 11.0 Å². The summed E-state index contributed by atoms with van der Waals surface area (Å²) in [4.78, 5) is 17.2. The molecular formula is C23H25F2N3O2. The second-order valence-electron chi connectivity index (χ2n) is 8.84. The number of imidazole rings is 1. The first kappa shape index (κ1) is 20.5. The fraction of sp³-hybridized carbons (Fsp3) is 0.391. The number of fused-ring (bicyclic) bond motifs is 1. The maximum atomic E-state index is 13.9. The van der Waals surface area contributed by atoms with Crippen LogP contribution in [0.3, 0.4) is 0 Å². The Bertz CT molecular complexity index is 1130. The average Bonchev–Trinajstić information content (AvgIpc) is 2.98. The number of carbonyl (C=O) groups is 1. The highest BCUT2D eigenvalue weighted by Gasteiger charge is 2.37. The van der Waals surface area contributed by atoms with E-state index in [1.807, 2.05) is 22.8 Å². The molecule has 1 amide bonds. The van der Waals surface area contributed by atoms with Crippen molar-refractivity contribution in [1.29, 1.82) is 0 Å². The molecule has 0 bridgehead atoms. The summed E-state index contributed by atoms with van der Waals surface area (Å²) in [7, 11) is 0. The number of halogens is 2. The van der Waals surface area contributed by atoms with Crippen LogP contribution < -0.4 is 5.32 Å². The SMILES string of the molecule is CC(C)(O)c1ccc2nc(NC(=O)Cc3ccc(F)cc3F)n(C3(C)CCC3)c2c1. The molecule has 1 heterocycles. The maximum Gasteiger partial charge on any atom is 0.231 e. The molecular weight excluding hydrogens is 388 g/mol. The third kappa shape index (κ3) is 3.69. The first-order chi connectivity index (χ1) is 14.1. The van der Waals surface area contributed by atoms with Gasteiger partial charge in [0.25, 0.3) is 0 Å². The summed E-state index contributed by atoms with van der Waals surface area (Å²) in [5.74, 6) is -1.46. The van der Waals surface area contributed by atoms with Gasteiger partial charge in [0.15, 0.2) is 0 Å². The Kier molecular flexibility index (Phi) is 4.89. The normalized spacial score (nSPS) is 15.8. The highest BCUT2D eigenvalue weighted by molar-refractivity contribution is 5.93. The smallest absolute Gasteiger partial charge is 0.231 e. The van der Waals surface area contributed by atoms with Crippen LogP contribution in [0, 0.1) is 11.6 Å². The van der Waals surface area contributed by atoms with Crippen LogP contribution in [0.2, 0.25) is 0 Å². The minimum atomic E-state index is -1.01. The van der Waals surface area contributed by atoms with Gasteiger partial charge in [-0.15, -0.1) is 0 Å². The maximum absolute atomic E-state index is 13.9. The van der Waals surface area contributed by atoms with Crippen molar-refractivity contribution in [1.82, 2.24) is 9.55 Å². The minimum Gasteiger partial charge on any atom is -0.386 e. The standard InChI is InChI=1S/C23H25F2N3O2/c1-22(2,30)15-6-8-18-19(12-15)28(23(3)9-4-10-23)21(26-18)27-20(29)11-14-5-7-16(24)13-17(14)25/h5-8,12-13,30H,4,9-11H2,1-3H3,(H,26,27,29). The van der Waals surface area contributed by atoms with Gasteiger partial charge in [-0.05, 0) is 69.4 Å². The van der Waals surface area contributed by atoms with Crippen LogP contribution >= 0.6 is 0 Å². The Hall–Kier alpha value is -2.80. The summed E-state index contributed by atoms with van der Waals surface area (Å²) in [6.45, 7) is 5.56. The van der Waals surface area contributed by atoms with Crippen molar-refractivity contribution < 1.29 is 18.7 Å². The van der Waals surface area contributed by atoms with Crippen LogP contribution in [0.1, 0.15) is 51.2 Å². The molecule has 158 valence electrons. The highest BCUT2D eigenvalue weighted by Crippen LogP contribution is 2.43.